The van der Waals surface area contributed by atoms with Crippen LogP contribution >= 0.6 is 0 Å². The molecule has 0 radical (unpaired) electrons. The Labute approximate surface area is 126 Å². The molecule has 22 heavy (non-hydrogen) atoms. The minimum atomic E-state index is -4.56. The zero-order valence-electron chi connectivity index (χ0n) is 12.3. The van der Waals surface area contributed by atoms with Gasteiger partial charge in [0.15, 0.2) is 0 Å². The van der Waals surface area contributed by atoms with Crippen LogP contribution in [0.4, 0.5) is 18.9 Å². The molecule has 0 saturated heterocycles. The summed E-state index contributed by atoms with van der Waals surface area (Å²) in [5, 5.41) is 2.22. The molecule has 1 rings (SSSR count). The van der Waals surface area contributed by atoms with E-state index in [1.54, 1.807) is 13.8 Å². The number of rotatable bonds is 6. The van der Waals surface area contributed by atoms with Crippen LogP contribution in [-0.4, -0.2) is 35.8 Å². The quantitative estimate of drug-likeness (QED) is 0.840. The van der Waals surface area contributed by atoms with Gasteiger partial charge >= 0.3 is 6.18 Å². The van der Waals surface area contributed by atoms with E-state index in [1.807, 2.05) is 0 Å². The fourth-order valence-electron chi connectivity index (χ4n) is 1.83. The van der Waals surface area contributed by atoms with Gasteiger partial charge in [0.25, 0.3) is 0 Å². The van der Waals surface area contributed by atoms with Gasteiger partial charge in [0.2, 0.25) is 11.8 Å². The number of primary amides is 1. The van der Waals surface area contributed by atoms with Gasteiger partial charge in [0, 0.05) is 6.04 Å². The average Bonchev–Trinajstić information content (AvgIpc) is 2.36. The number of nitrogens with two attached hydrogens (primary N) is 1. The first kappa shape index (κ1) is 18.0. The van der Waals surface area contributed by atoms with Gasteiger partial charge in [0.05, 0.1) is 24.3 Å². The van der Waals surface area contributed by atoms with Gasteiger partial charge in [-0.3, -0.25) is 14.5 Å². The van der Waals surface area contributed by atoms with Gasteiger partial charge in [-0.25, -0.2) is 0 Å². The summed E-state index contributed by atoms with van der Waals surface area (Å²) in [5.41, 5.74) is 3.84. The van der Waals surface area contributed by atoms with Crippen LogP contribution in [0.3, 0.4) is 0 Å². The summed E-state index contributed by atoms with van der Waals surface area (Å²) in [6.45, 7) is 3.12. The lowest BCUT2D eigenvalue weighted by Crippen LogP contribution is -2.43. The van der Waals surface area contributed by atoms with Gasteiger partial charge in [-0.2, -0.15) is 13.2 Å². The maximum Gasteiger partial charge on any atom is 0.418 e. The molecule has 2 amide bonds. The summed E-state index contributed by atoms with van der Waals surface area (Å²) < 4.78 is 38.5. The lowest BCUT2D eigenvalue weighted by molar-refractivity contribution is -0.137. The van der Waals surface area contributed by atoms with Crippen molar-refractivity contribution in [1.29, 1.82) is 0 Å². The molecule has 0 saturated carbocycles. The predicted molar refractivity (Wildman–Crippen MR) is 76.0 cm³/mol. The third kappa shape index (κ3) is 5.36. The summed E-state index contributed by atoms with van der Waals surface area (Å²) >= 11 is 0. The van der Waals surface area contributed by atoms with Crippen molar-refractivity contribution in [2.24, 2.45) is 5.73 Å². The highest BCUT2D eigenvalue weighted by Gasteiger charge is 2.33. The van der Waals surface area contributed by atoms with Crippen LogP contribution in [0.1, 0.15) is 19.4 Å². The number of hydrogen-bond donors (Lipinski definition) is 2. The smallest absolute Gasteiger partial charge is 0.369 e. The Bertz CT molecular complexity index is 544. The number of hydrogen-bond acceptors (Lipinski definition) is 3. The number of benzene rings is 1. The predicted octanol–water partition coefficient (Wildman–Crippen LogP) is 1.84. The number of carbonyl (C=O) groups excluding carboxylic acids is 2. The SMILES string of the molecule is CC(C)N(CC(N)=O)CC(=O)Nc1ccccc1C(F)(F)F. The van der Waals surface area contributed by atoms with E-state index in [-0.39, 0.29) is 24.8 Å². The van der Waals surface area contributed by atoms with Crippen molar-refractivity contribution >= 4 is 17.5 Å². The lowest BCUT2D eigenvalue weighted by atomic mass is 10.1. The second-order valence-electron chi connectivity index (χ2n) is 5.06. The van der Waals surface area contributed by atoms with Crippen LogP contribution in [0.15, 0.2) is 24.3 Å². The van der Waals surface area contributed by atoms with Crippen LogP contribution in [0.25, 0.3) is 0 Å². The molecule has 1 aromatic rings. The van der Waals surface area contributed by atoms with Gasteiger partial charge < -0.3 is 11.1 Å². The molecular weight excluding hydrogens is 299 g/mol. The van der Waals surface area contributed by atoms with Crippen molar-refractivity contribution in [1.82, 2.24) is 4.90 Å². The van der Waals surface area contributed by atoms with Crippen LogP contribution in [0, 0.1) is 0 Å². The topological polar surface area (TPSA) is 75.4 Å². The monoisotopic (exact) mass is 317 g/mol. The highest BCUT2D eigenvalue weighted by molar-refractivity contribution is 5.93. The van der Waals surface area contributed by atoms with E-state index >= 15 is 0 Å². The van der Waals surface area contributed by atoms with Gasteiger partial charge in [-0.15, -0.1) is 0 Å². The van der Waals surface area contributed by atoms with Crippen molar-refractivity contribution < 1.29 is 22.8 Å². The van der Waals surface area contributed by atoms with Gasteiger partial charge in [0.1, 0.15) is 0 Å². The van der Waals surface area contributed by atoms with Crippen LogP contribution in [0.5, 0.6) is 0 Å². The maximum atomic E-state index is 12.8. The fraction of sp³-hybridized carbons (Fsp3) is 0.429. The number of alkyl halides is 3. The molecule has 0 unspecified atom stereocenters. The Balaban J connectivity index is 2.83. The summed E-state index contributed by atoms with van der Waals surface area (Å²) in [7, 11) is 0. The molecule has 0 aliphatic heterocycles. The molecule has 0 heterocycles. The number of halogens is 3. The normalized spacial score (nSPS) is 11.8. The van der Waals surface area contributed by atoms with Gasteiger partial charge in [-0.1, -0.05) is 12.1 Å². The highest BCUT2D eigenvalue weighted by Crippen LogP contribution is 2.34. The van der Waals surface area contributed by atoms with Crippen LogP contribution < -0.4 is 11.1 Å². The molecule has 0 atom stereocenters. The van der Waals surface area contributed by atoms with Crippen molar-refractivity contribution in [2.45, 2.75) is 26.1 Å². The number of anilines is 1. The molecule has 1 aromatic carbocycles. The largest absolute Gasteiger partial charge is 0.418 e. The van der Waals surface area contributed by atoms with Crippen molar-refractivity contribution in [3.05, 3.63) is 29.8 Å². The number of nitrogens with one attached hydrogen (secondary N) is 1. The van der Waals surface area contributed by atoms with E-state index in [1.165, 1.54) is 23.1 Å². The minimum Gasteiger partial charge on any atom is -0.369 e. The molecule has 0 aliphatic rings. The van der Waals surface area contributed by atoms with E-state index in [9.17, 15) is 22.8 Å². The molecule has 0 aliphatic carbocycles. The molecule has 0 spiro atoms. The van der Waals surface area contributed by atoms with E-state index in [0.29, 0.717) is 0 Å². The first-order chi connectivity index (χ1) is 10.1. The lowest BCUT2D eigenvalue weighted by Gasteiger charge is -2.24. The minimum absolute atomic E-state index is 0.147. The average molecular weight is 317 g/mol. The van der Waals surface area contributed by atoms with Crippen LogP contribution in [-0.2, 0) is 15.8 Å². The maximum absolute atomic E-state index is 12.8. The van der Waals surface area contributed by atoms with E-state index in [2.05, 4.69) is 5.32 Å². The standard InChI is InChI=1S/C14H18F3N3O2/c1-9(2)20(7-12(18)21)8-13(22)19-11-6-4-3-5-10(11)14(15,16)17/h3-6,9H,7-8H2,1-2H3,(H2,18,21)(H,19,22). The molecule has 0 bridgehead atoms. The molecule has 5 nitrogen and oxygen atoms in total. The first-order valence-corrected chi connectivity index (χ1v) is 6.59. The van der Waals surface area contributed by atoms with E-state index in [0.717, 1.165) is 6.07 Å². The Morgan fingerprint density at radius 2 is 1.82 bits per heavy atom. The molecule has 0 fully saturated rings. The van der Waals surface area contributed by atoms with Crippen molar-refractivity contribution in [2.75, 3.05) is 18.4 Å². The molecular formula is C14H18F3N3O2. The Morgan fingerprint density at radius 3 is 2.32 bits per heavy atom. The summed E-state index contributed by atoms with van der Waals surface area (Å²) in [6.07, 6.45) is -4.56. The number of para-hydroxylation sites is 1. The third-order valence-corrected chi connectivity index (χ3v) is 2.94. The zero-order chi connectivity index (χ0) is 16.9. The Kier molecular flexibility index (Phi) is 5.92. The number of amides is 2. The second kappa shape index (κ2) is 7.26. The fourth-order valence-corrected chi connectivity index (χ4v) is 1.83. The zero-order valence-corrected chi connectivity index (χ0v) is 12.3. The van der Waals surface area contributed by atoms with Crippen molar-refractivity contribution in [3.63, 3.8) is 0 Å². The number of carbonyl (C=O) groups is 2. The number of nitrogens with zero attached hydrogens (tertiary/aromatic N) is 1. The summed E-state index contributed by atoms with van der Waals surface area (Å²) in [6, 6.07) is 4.55. The first-order valence-electron chi connectivity index (χ1n) is 6.59. The second-order valence-corrected chi connectivity index (χ2v) is 5.06. The summed E-state index contributed by atoms with van der Waals surface area (Å²) in [5.74, 6) is -1.26. The third-order valence-electron chi connectivity index (χ3n) is 2.94. The van der Waals surface area contributed by atoms with Gasteiger partial charge in [-0.05, 0) is 26.0 Å². The van der Waals surface area contributed by atoms with E-state index in [4.69, 9.17) is 5.73 Å². The molecule has 122 valence electrons. The Hall–Kier alpha value is -2.09. The van der Waals surface area contributed by atoms with E-state index < -0.39 is 23.6 Å². The molecule has 0 aromatic heterocycles. The van der Waals surface area contributed by atoms with Crippen LogP contribution in [0.2, 0.25) is 0 Å². The Morgan fingerprint density at radius 1 is 1.23 bits per heavy atom. The van der Waals surface area contributed by atoms with Crippen molar-refractivity contribution in [3.8, 4) is 0 Å². The molecule has 8 heteroatoms. The summed E-state index contributed by atoms with van der Waals surface area (Å²) in [4.78, 5) is 24.3. The molecule has 3 N–H and O–H groups in total. The highest BCUT2D eigenvalue weighted by atomic mass is 19.4.